The number of aliphatic carboxylic acids is 2. The minimum Gasteiger partial charge on any atom is -0.550 e. The summed E-state index contributed by atoms with van der Waals surface area (Å²) >= 11 is 0. The summed E-state index contributed by atoms with van der Waals surface area (Å²) in [5, 5.41) is 65.3. The molecule has 4 rings (SSSR count). The Labute approximate surface area is 362 Å². The van der Waals surface area contributed by atoms with E-state index in [9.17, 15) is 49.5 Å². The van der Waals surface area contributed by atoms with E-state index in [1.54, 1.807) is 49.4 Å². The standard InChI is InChI=1S/C38H45N3O12.2Na/c1-22-11-8-9-14-27(22)36(49)41-31-30(40-23(2)42)33(53-38(34(31)47,37(50)51)52-20-10-4-7-15-29(44)45)32(46)28(43)21-39-35(48)26-18-16-25(17-19-26)24-12-5-3-6-13-24;;/h3,5-6,8-9,11-14,16-19,28,30-34,43,46-47H,4,7,10,15,20-21H2,1-2H3,(H,39,48)(H,40,42)(H,41,49)(H,44,45)(H,50,51);;/q;2*+1/p-2/t28-,30-,31-,32-,33-,34+,38-;;/m1../s1. The molecule has 3 aromatic rings. The number of rotatable bonds is 17. The molecule has 7 atom stereocenters. The van der Waals surface area contributed by atoms with E-state index in [-0.39, 0.29) is 95.9 Å². The van der Waals surface area contributed by atoms with Crippen LogP contribution in [0.3, 0.4) is 0 Å². The minimum atomic E-state index is -3.07. The van der Waals surface area contributed by atoms with Crippen LogP contribution in [-0.4, -0.2) is 100 Å². The fourth-order valence-electron chi connectivity index (χ4n) is 6.10. The summed E-state index contributed by atoms with van der Waals surface area (Å²) < 4.78 is 11.3. The second kappa shape index (κ2) is 22.5. The number of hydrogen-bond donors (Lipinski definition) is 6. The van der Waals surface area contributed by atoms with Crippen LogP contribution in [0.4, 0.5) is 0 Å². The maximum Gasteiger partial charge on any atom is 1.00 e. The number of carbonyl (C=O) groups excluding carboxylic acids is 5. The summed E-state index contributed by atoms with van der Waals surface area (Å²) in [6.07, 6.45) is -7.78. The predicted molar refractivity (Wildman–Crippen MR) is 184 cm³/mol. The average Bonchev–Trinajstić information content (AvgIpc) is 3.14. The van der Waals surface area contributed by atoms with Gasteiger partial charge < -0.3 is 60.5 Å². The van der Waals surface area contributed by atoms with Crippen LogP contribution in [-0.2, 0) is 23.9 Å². The quantitative estimate of drug-likeness (QED) is 0.0553. The molecule has 1 saturated heterocycles. The largest absolute Gasteiger partial charge is 1.00 e. The molecule has 1 aliphatic rings. The number of aliphatic hydroxyl groups is 3. The fourth-order valence-corrected chi connectivity index (χ4v) is 6.10. The van der Waals surface area contributed by atoms with Crippen molar-refractivity contribution >= 4 is 29.7 Å². The van der Waals surface area contributed by atoms with Gasteiger partial charge in [-0.1, -0.05) is 67.1 Å². The second-order valence-corrected chi connectivity index (χ2v) is 12.8. The molecular weight excluding hydrogens is 736 g/mol. The van der Waals surface area contributed by atoms with Gasteiger partial charge >= 0.3 is 59.1 Å². The van der Waals surface area contributed by atoms with Crippen molar-refractivity contribution in [2.45, 2.75) is 81.8 Å². The maximum absolute atomic E-state index is 13.5. The Hall–Kier alpha value is -3.19. The molecule has 0 aliphatic carbocycles. The van der Waals surface area contributed by atoms with E-state index in [4.69, 9.17) is 9.47 Å². The van der Waals surface area contributed by atoms with Crippen molar-refractivity contribution in [3.63, 3.8) is 0 Å². The van der Waals surface area contributed by atoms with Gasteiger partial charge in [0.15, 0.2) is 0 Å². The number of ether oxygens (including phenoxy) is 2. The first kappa shape index (κ1) is 48.0. The van der Waals surface area contributed by atoms with Crippen molar-refractivity contribution < 1.29 is 118 Å². The van der Waals surface area contributed by atoms with Gasteiger partial charge in [-0.05, 0) is 61.1 Å². The summed E-state index contributed by atoms with van der Waals surface area (Å²) in [5.41, 5.74) is 2.71. The normalized spacial score (nSPS) is 21.4. The van der Waals surface area contributed by atoms with Gasteiger partial charge in [0, 0.05) is 30.6 Å². The van der Waals surface area contributed by atoms with Crippen molar-refractivity contribution in [3.8, 4) is 11.1 Å². The van der Waals surface area contributed by atoms with E-state index < -0.39 is 85.1 Å². The number of benzene rings is 3. The Morgan fingerprint density at radius 1 is 0.818 bits per heavy atom. The van der Waals surface area contributed by atoms with E-state index in [0.29, 0.717) is 5.56 Å². The summed E-state index contributed by atoms with van der Waals surface area (Å²) in [7, 11) is 0. The van der Waals surface area contributed by atoms with Crippen LogP contribution >= 0.6 is 0 Å². The van der Waals surface area contributed by atoms with Crippen molar-refractivity contribution in [1.29, 1.82) is 0 Å². The number of unbranched alkanes of at least 4 members (excludes halogenated alkanes) is 2. The number of carboxylic acid groups (broad SMARTS) is 2. The molecule has 1 aliphatic heterocycles. The van der Waals surface area contributed by atoms with Gasteiger partial charge in [-0.15, -0.1) is 0 Å². The van der Waals surface area contributed by atoms with Crippen LogP contribution in [0.15, 0.2) is 78.9 Å². The van der Waals surface area contributed by atoms with Crippen molar-refractivity contribution in [2.24, 2.45) is 0 Å². The molecule has 17 heteroatoms. The molecule has 0 aromatic heterocycles. The molecule has 284 valence electrons. The Morgan fingerprint density at radius 2 is 1.44 bits per heavy atom. The van der Waals surface area contributed by atoms with Crippen LogP contribution in [0.1, 0.15) is 58.9 Å². The van der Waals surface area contributed by atoms with Gasteiger partial charge in [0.2, 0.25) is 11.7 Å². The minimum absolute atomic E-state index is 0. The number of nitrogens with one attached hydrogen (secondary N) is 3. The summed E-state index contributed by atoms with van der Waals surface area (Å²) in [5.74, 6) is -8.55. The fraction of sp³-hybridized carbons (Fsp3) is 0.395. The molecule has 0 spiro atoms. The van der Waals surface area contributed by atoms with Crippen molar-refractivity contribution in [3.05, 3.63) is 95.6 Å². The van der Waals surface area contributed by atoms with Crippen LogP contribution in [0.5, 0.6) is 0 Å². The van der Waals surface area contributed by atoms with Crippen molar-refractivity contribution in [1.82, 2.24) is 16.0 Å². The van der Waals surface area contributed by atoms with Crippen LogP contribution < -0.4 is 85.3 Å². The molecule has 0 saturated carbocycles. The van der Waals surface area contributed by atoms with Gasteiger partial charge in [0.25, 0.3) is 11.8 Å². The molecule has 6 N–H and O–H groups in total. The third kappa shape index (κ3) is 12.7. The maximum atomic E-state index is 13.5. The zero-order valence-corrected chi connectivity index (χ0v) is 35.2. The summed E-state index contributed by atoms with van der Waals surface area (Å²) in [6.45, 7) is 1.75. The number of aryl methyl sites for hydroxylation is 1. The molecule has 15 nitrogen and oxygen atoms in total. The SMILES string of the molecule is CC(=O)N[C@@H]1[C@@H](NC(=O)c2ccccc2C)[C@H](O)[C@](OCCCCCC(=O)[O-])(C(=O)[O-])O[C@H]1[C@H](O)[C@H](O)CNC(=O)c1ccc(-c2ccccc2)cc1.[Na+].[Na+]. The number of amides is 3. The molecule has 0 unspecified atom stereocenters. The summed E-state index contributed by atoms with van der Waals surface area (Å²) in [4.78, 5) is 62.5. The zero-order chi connectivity index (χ0) is 38.7. The van der Waals surface area contributed by atoms with E-state index in [1.807, 2.05) is 30.3 Å². The van der Waals surface area contributed by atoms with Crippen LogP contribution in [0, 0.1) is 6.92 Å². The average molecular weight is 780 g/mol. The first-order valence-corrected chi connectivity index (χ1v) is 17.1. The number of carbonyl (C=O) groups is 5. The number of aliphatic hydroxyl groups excluding tert-OH is 3. The first-order chi connectivity index (χ1) is 25.2. The zero-order valence-electron chi connectivity index (χ0n) is 31.2. The molecule has 0 bridgehead atoms. The van der Waals surface area contributed by atoms with E-state index in [0.717, 1.165) is 18.1 Å². The Bertz CT molecular complexity index is 1750. The van der Waals surface area contributed by atoms with E-state index in [2.05, 4.69) is 16.0 Å². The smallest absolute Gasteiger partial charge is 0.550 e. The summed E-state index contributed by atoms with van der Waals surface area (Å²) in [6, 6.07) is 19.2. The molecule has 1 fully saturated rings. The van der Waals surface area contributed by atoms with Gasteiger partial charge in [0.1, 0.15) is 24.3 Å². The molecular formula is C38H43N3Na2O12. The third-order valence-corrected chi connectivity index (χ3v) is 8.92. The Morgan fingerprint density at radius 3 is 2.04 bits per heavy atom. The molecule has 55 heavy (non-hydrogen) atoms. The molecule has 0 radical (unpaired) electrons. The molecule has 3 amide bonds. The second-order valence-electron chi connectivity index (χ2n) is 12.8. The van der Waals surface area contributed by atoms with Gasteiger partial charge in [-0.25, -0.2) is 0 Å². The molecule has 3 aromatic carbocycles. The predicted octanol–water partition coefficient (Wildman–Crippen LogP) is -7.04. The van der Waals surface area contributed by atoms with Crippen LogP contribution in [0.2, 0.25) is 0 Å². The van der Waals surface area contributed by atoms with E-state index >= 15 is 0 Å². The van der Waals surface area contributed by atoms with Crippen LogP contribution in [0.25, 0.3) is 11.1 Å². The third-order valence-electron chi connectivity index (χ3n) is 8.92. The van der Waals surface area contributed by atoms with E-state index in [1.165, 1.54) is 6.07 Å². The van der Waals surface area contributed by atoms with Gasteiger partial charge in [-0.3, -0.25) is 14.4 Å². The Balaban J connectivity index is 0.00000523. The monoisotopic (exact) mass is 779 g/mol. The van der Waals surface area contributed by atoms with Gasteiger partial charge in [0.05, 0.1) is 24.8 Å². The van der Waals surface area contributed by atoms with Crippen molar-refractivity contribution in [2.75, 3.05) is 13.2 Å². The van der Waals surface area contributed by atoms with Gasteiger partial charge in [-0.2, -0.15) is 0 Å². The Kier molecular flexibility index (Phi) is 19.6. The molecule has 1 heterocycles. The number of carboxylic acids is 2. The first-order valence-electron chi connectivity index (χ1n) is 17.1. The topological polar surface area (TPSA) is 247 Å². The number of hydrogen-bond acceptors (Lipinski definition) is 12.